The highest BCUT2D eigenvalue weighted by molar-refractivity contribution is 5.91. The highest BCUT2D eigenvalue weighted by Gasteiger charge is 2.22. The number of para-hydroxylation sites is 1. The van der Waals surface area contributed by atoms with Crippen LogP contribution in [0.1, 0.15) is 31.2 Å². The second-order valence-corrected chi connectivity index (χ2v) is 9.75. The summed E-state index contributed by atoms with van der Waals surface area (Å²) < 4.78 is 5.54. The molecule has 1 fully saturated rings. The number of benzene rings is 3. The van der Waals surface area contributed by atoms with E-state index in [-0.39, 0.29) is 0 Å². The zero-order valence-corrected chi connectivity index (χ0v) is 20.9. The Morgan fingerprint density at radius 1 is 0.857 bits per heavy atom. The highest BCUT2D eigenvalue weighted by atomic mass is 16.5. The number of fused-ring (bicyclic) bond motifs is 2. The number of hydrogen-bond acceptors (Lipinski definition) is 6. The second kappa shape index (κ2) is 10.5. The number of nitrogens with one attached hydrogen (secondary N) is 2. The summed E-state index contributed by atoms with van der Waals surface area (Å²) in [6, 6.07) is 21.4. The minimum Gasteiger partial charge on any atom is -0.496 e. The Hall–Kier alpha value is -3.38. The van der Waals surface area contributed by atoms with Crippen molar-refractivity contribution in [3.63, 3.8) is 0 Å². The summed E-state index contributed by atoms with van der Waals surface area (Å²) in [4.78, 5) is 11.7. The first kappa shape index (κ1) is 23.4. The Kier molecular flexibility index (Phi) is 7.00. The minimum absolute atomic E-state index is 0.424. The third-order valence-electron chi connectivity index (χ3n) is 7.13. The van der Waals surface area contributed by atoms with Gasteiger partial charge in [0.25, 0.3) is 0 Å². The van der Waals surface area contributed by atoms with Crippen LogP contribution in [0.3, 0.4) is 0 Å². The quantitative estimate of drug-likeness (QED) is 0.349. The molecule has 6 heteroatoms. The van der Waals surface area contributed by atoms with Gasteiger partial charge < -0.3 is 20.3 Å². The van der Waals surface area contributed by atoms with Gasteiger partial charge in [0.15, 0.2) is 0 Å². The fraction of sp³-hybridized carbons (Fsp3) is 0.379. The second-order valence-electron chi connectivity index (χ2n) is 9.75. The van der Waals surface area contributed by atoms with Gasteiger partial charge in [0.1, 0.15) is 11.6 Å². The van der Waals surface area contributed by atoms with Crippen LogP contribution in [0.2, 0.25) is 0 Å². The van der Waals surface area contributed by atoms with Crippen molar-refractivity contribution >= 4 is 33.4 Å². The van der Waals surface area contributed by atoms with Crippen molar-refractivity contribution in [2.75, 3.05) is 38.0 Å². The van der Waals surface area contributed by atoms with E-state index in [9.17, 15) is 0 Å². The fourth-order valence-corrected chi connectivity index (χ4v) is 5.24. The SMILES string of the molecule is COc1ccc(CNC[C@H]2CC[C@@H](Nc3nc(N(C)C)c4ccccc4n3)CC2)c2ccccc12. The summed E-state index contributed by atoms with van der Waals surface area (Å²) in [5.41, 5.74) is 2.31. The van der Waals surface area contributed by atoms with Crippen LogP contribution in [0.15, 0.2) is 60.7 Å². The van der Waals surface area contributed by atoms with Crippen molar-refractivity contribution in [3.8, 4) is 5.75 Å². The van der Waals surface area contributed by atoms with E-state index in [1.807, 2.05) is 26.2 Å². The van der Waals surface area contributed by atoms with Crippen molar-refractivity contribution < 1.29 is 4.74 Å². The number of aromatic nitrogens is 2. The van der Waals surface area contributed by atoms with Gasteiger partial charge in [0, 0.05) is 37.5 Å². The molecule has 0 radical (unpaired) electrons. The van der Waals surface area contributed by atoms with Gasteiger partial charge in [-0.05, 0) is 67.3 Å². The zero-order chi connectivity index (χ0) is 24.2. The lowest BCUT2D eigenvalue weighted by Crippen LogP contribution is -2.31. The van der Waals surface area contributed by atoms with Crippen molar-refractivity contribution in [2.24, 2.45) is 5.92 Å². The van der Waals surface area contributed by atoms with Gasteiger partial charge in [-0.15, -0.1) is 0 Å². The Bertz CT molecular complexity index is 1300. The molecule has 1 aliphatic carbocycles. The predicted octanol–water partition coefficient (Wildman–Crippen LogP) is 5.62. The summed E-state index contributed by atoms with van der Waals surface area (Å²) in [5, 5.41) is 10.9. The van der Waals surface area contributed by atoms with Crippen LogP contribution in [-0.4, -0.2) is 43.8 Å². The van der Waals surface area contributed by atoms with Gasteiger partial charge in [0.05, 0.1) is 12.6 Å². The Morgan fingerprint density at radius 2 is 1.57 bits per heavy atom. The van der Waals surface area contributed by atoms with E-state index >= 15 is 0 Å². The average Bonchev–Trinajstić information content (AvgIpc) is 2.89. The van der Waals surface area contributed by atoms with Crippen LogP contribution in [0, 0.1) is 5.92 Å². The predicted molar refractivity (Wildman–Crippen MR) is 145 cm³/mol. The molecule has 0 amide bonds. The van der Waals surface area contributed by atoms with Crippen LogP contribution in [0.25, 0.3) is 21.7 Å². The van der Waals surface area contributed by atoms with Crippen LogP contribution in [-0.2, 0) is 6.54 Å². The maximum absolute atomic E-state index is 5.54. The topological polar surface area (TPSA) is 62.3 Å². The number of nitrogens with zero attached hydrogens (tertiary/aromatic N) is 3. The number of methoxy groups -OCH3 is 1. The average molecular weight is 470 g/mol. The summed E-state index contributed by atoms with van der Waals surface area (Å²) >= 11 is 0. The smallest absolute Gasteiger partial charge is 0.225 e. The van der Waals surface area contributed by atoms with E-state index < -0.39 is 0 Å². The summed E-state index contributed by atoms with van der Waals surface area (Å²) in [5.74, 6) is 3.33. The normalized spacial score (nSPS) is 18.0. The van der Waals surface area contributed by atoms with Crippen molar-refractivity contribution in [3.05, 3.63) is 66.2 Å². The Labute approximate surface area is 207 Å². The van der Waals surface area contributed by atoms with Crippen LogP contribution in [0.5, 0.6) is 5.75 Å². The largest absolute Gasteiger partial charge is 0.496 e. The molecule has 0 atom stereocenters. The van der Waals surface area contributed by atoms with Crippen LogP contribution in [0.4, 0.5) is 11.8 Å². The maximum Gasteiger partial charge on any atom is 0.225 e. The molecule has 4 aromatic rings. The van der Waals surface area contributed by atoms with E-state index in [1.165, 1.54) is 29.2 Å². The molecule has 0 spiro atoms. The lowest BCUT2D eigenvalue weighted by molar-refractivity contribution is 0.324. The standard InChI is InChI=1S/C29H35N5O/c1-34(2)28-25-10-6-7-11-26(25)32-29(33-28)31-22-15-12-20(13-16-22)18-30-19-21-14-17-27(35-3)24-9-5-4-8-23(21)24/h4-11,14,17,20,22,30H,12-13,15-16,18-19H2,1-3H3,(H,31,32,33)/t20-,22+. The minimum atomic E-state index is 0.424. The molecule has 0 saturated heterocycles. The number of hydrogen-bond donors (Lipinski definition) is 2. The summed E-state index contributed by atoms with van der Waals surface area (Å²) in [7, 11) is 5.80. The molecule has 182 valence electrons. The molecular formula is C29H35N5O. The molecule has 1 aromatic heterocycles. The molecule has 0 aliphatic heterocycles. The lowest BCUT2D eigenvalue weighted by Gasteiger charge is -2.29. The Balaban J connectivity index is 1.15. The van der Waals surface area contributed by atoms with Gasteiger partial charge in [0.2, 0.25) is 5.95 Å². The molecular weight excluding hydrogens is 434 g/mol. The molecule has 2 N–H and O–H groups in total. The molecule has 35 heavy (non-hydrogen) atoms. The van der Waals surface area contributed by atoms with E-state index in [2.05, 4.69) is 64.1 Å². The lowest BCUT2D eigenvalue weighted by atomic mass is 9.86. The molecule has 1 heterocycles. The third-order valence-corrected chi connectivity index (χ3v) is 7.13. The number of rotatable bonds is 8. The van der Waals surface area contributed by atoms with E-state index in [4.69, 9.17) is 14.7 Å². The zero-order valence-electron chi connectivity index (χ0n) is 20.9. The van der Waals surface area contributed by atoms with E-state index in [1.54, 1.807) is 7.11 Å². The van der Waals surface area contributed by atoms with Gasteiger partial charge in [-0.25, -0.2) is 4.98 Å². The van der Waals surface area contributed by atoms with Crippen molar-refractivity contribution in [2.45, 2.75) is 38.3 Å². The molecule has 6 nitrogen and oxygen atoms in total. The monoisotopic (exact) mass is 469 g/mol. The maximum atomic E-state index is 5.54. The van der Waals surface area contributed by atoms with Crippen LogP contribution >= 0.6 is 0 Å². The van der Waals surface area contributed by atoms with Gasteiger partial charge in [-0.2, -0.15) is 4.98 Å². The van der Waals surface area contributed by atoms with Crippen LogP contribution < -0.4 is 20.3 Å². The fourth-order valence-electron chi connectivity index (χ4n) is 5.24. The first-order valence-electron chi connectivity index (χ1n) is 12.6. The van der Waals surface area contributed by atoms with Crippen molar-refractivity contribution in [1.82, 2.24) is 15.3 Å². The van der Waals surface area contributed by atoms with Gasteiger partial charge >= 0.3 is 0 Å². The molecule has 0 bridgehead atoms. The highest BCUT2D eigenvalue weighted by Crippen LogP contribution is 2.30. The first-order valence-corrected chi connectivity index (χ1v) is 12.6. The molecule has 5 rings (SSSR count). The van der Waals surface area contributed by atoms with E-state index in [0.717, 1.165) is 54.3 Å². The molecule has 3 aromatic carbocycles. The number of anilines is 2. The third kappa shape index (κ3) is 5.17. The van der Waals surface area contributed by atoms with Gasteiger partial charge in [-0.1, -0.05) is 42.5 Å². The van der Waals surface area contributed by atoms with Crippen molar-refractivity contribution in [1.29, 1.82) is 0 Å². The van der Waals surface area contributed by atoms with E-state index in [0.29, 0.717) is 12.0 Å². The summed E-state index contributed by atoms with van der Waals surface area (Å²) in [6.07, 6.45) is 4.71. The Morgan fingerprint density at radius 3 is 2.31 bits per heavy atom. The molecule has 0 unspecified atom stereocenters. The molecule has 1 saturated carbocycles. The first-order chi connectivity index (χ1) is 17.1. The van der Waals surface area contributed by atoms with Gasteiger partial charge in [-0.3, -0.25) is 0 Å². The summed E-state index contributed by atoms with van der Waals surface area (Å²) in [6.45, 7) is 1.92. The number of ether oxygens (including phenoxy) is 1. The molecule has 1 aliphatic rings.